The van der Waals surface area contributed by atoms with Crippen LogP contribution in [0.4, 0.5) is 0 Å². The number of rotatable bonds is 6. The van der Waals surface area contributed by atoms with Gasteiger partial charge in [0, 0.05) is 6.04 Å². The van der Waals surface area contributed by atoms with E-state index in [0.717, 1.165) is 52.8 Å². The summed E-state index contributed by atoms with van der Waals surface area (Å²) in [5.41, 5.74) is 1.85. The molecule has 1 aliphatic heterocycles. The highest BCUT2D eigenvalue weighted by Gasteiger charge is 2.39. The van der Waals surface area contributed by atoms with Crippen LogP contribution in [0, 0.1) is 0 Å². The van der Waals surface area contributed by atoms with Gasteiger partial charge in [0.1, 0.15) is 6.61 Å². The first kappa shape index (κ1) is 27.7. The van der Waals surface area contributed by atoms with Crippen LogP contribution in [-0.4, -0.2) is 28.1 Å². The summed E-state index contributed by atoms with van der Waals surface area (Å²) in [4.78, 5) is 21.5. The molecular weight excluding hydrogens is 559 g/mol. The Hall–Kier alpha value is -2.47. The number of carbonyl (C=O) groups excluding carboxylic acids is 1. The molecule has 0 spiro atoms. The van der Waals surface area contributed by atoms with E-state index in [2.05, 4.69) is 24.3 Å². The lowest BCUT2D eigenvalue weighted by atomic mass is 9.94. The topological polar surface area (TPSA) is 41.9 Å². The van der Waals surface area contributed by atoms with E-state index in [4.69, 9.17) is 32.9 Å². The molecule has 2 aliphatic carbocycles. The Morgan fingerprint density at radius 2 is 1.57 bits per heavy atom. The minimum atomic E-state index is 0.0509. The van der Waals surface area contributed by atoms with Crippen molar-refractivity contribution in [1.82, 2.24) is 4.90 Å². The molecule has 3 aromatic carbocycles. The Bertz CT molecular complexity index is 1430. The Balaban J connectivity index is 1.24. The van der Waals surface area contributed by atoms with Crippen molar-refractivity contribution in [2.75, 3.05) is 0 Å². The second-order valence-corrected chi connectivity index (χ2v) is 12.8. The number of fused-ring (bicyclic) bond motifs is 1. The molecule has 1 saturated heterocycles. The van der Waals surface area contributed by atoms with Crippen molar-refractivity contribution in [3.63, 3.8) is 0 Å². The largest absolute Gasteiger partial charge is 0.486 e. The summed E-state index contributed by atoms with van der Waals surface area (Å²) < 4.78 is 6.12. The maximum atomic E-state index is 13.7. The number of hydrogen-bond acceptors (Lipinski definition) is 4. The molecule has 0 atom stereocenters. The zero-order valence-corrected chi connectivity index (χ0v) is 24.9. The number of halogens is 2. The van der Waals surface area contributed by atoms with Crippen LogP contribution in [0.25, 0.3) is 16.8 Å². The number of ether oxygens (including phenoxy) is 1. The minimum absolute atomic E-state index is 0.0509. The van der Waals surface area contributed by atoms with E-state index in [1.807, 2.05) is 41.3 Å². The Morgan fingerprint density at radius 3 is 2.33 bits per heavy atom. The molecule has 3 aliphatic rings. The van der Waals surface area contributed by atoms with Gasteiger partial charge >= 0.3 is 0 Å². The minimum Gasteiger partial charge on any atom is -0.486 e. The monoisotopic (exact) mass is 592 g/mol. The lowest BCUT2D eigenvalue weighted by Crippen LogP contribution is -2.41. The lowest BCUT2D eigenvalue weighted by molar-refractivity contribution is -0.124. The normalized spacial score (nSPS) is 21.1. The molecule has 0 N–H and O–H groups in total. The van der Waals surface area contributed by atoms with E-state index < -0.39 is 0 Å². The van der Waals surface area contributed by atoms with Crippen LogP contribution in [0.15, 0.2) is 64.5 Å². The highest BCUT2D eigenvalue weighted by atomic mass is 35.5. The standard InChI is InChI=1S/C33H34Cl2N2O2S/c34-28-18-22(19-29(35)31(28)39-21-24-12-9-11-23-10-7-8-17-27(23)24)20-30-32(38)37(26-15-5-2-6-16-26)33(40-30)36-25-13-3-1-4-14-25/h7-12,17-20,25-26H,1-6,13-16,21H2. The fourth-order valence-corrected chi connectivity index (χ4v) is 7.85. The maximum absolute atomic E-state index is 13.7. The summed E-state index contributed by atoms with van der Waals surface area (Å²) >= 11 is 14.9. The van der Waals surface area contributed by atoms with Crippen molar-refractivity contribution in [1.29, 1.82) is 0 Å². The van der Waals surface area contributed by atoms with Gasteiger partial charge in [-0.15, -0.1) is 0 Å². The predicted molar refractivity (Wildman–Crippen MR) is 168 cm³/mol. The van der Waals surface area contributed by atoms with Crippen molar-refractivity contribution in [3.05, 3.63) is 80.7 Å². The number of amides is 1. The molecule has 3 aromatic rings. The first-order valence-corrected chi connectivity index (χ1v) is 16.0. The fourth-order valence-electron chi connectivity index (χ4n) is 6.12. The van der Waals surface area contributed by atoms with E-state index >= 15 is 0 Å². The van der Waals surface area contributed by atoms with Crippen LogP contribution in [-0.2, 0) is 11.4 Å². The number of aliphatic imine (C=N–C) groups is 1. The predicted octanol–water partition coefficient (Wildman–Crippen LogP) is 9.66. The van der Waals surface area contributed by atoms with E-state index in [-0.39, 0.29) is 11.9 Å². The van der Waals surface area contributed by atoms with Crippen molar-refractivity contribution < 1.29 is 9.53 Å². The van der Waals surface area contributed by atoms with Crippen molar-refractivity contribution in [2.45, 2.75) is 82.9 Å². The highest BCUT2D eigenvalue weighted by Crippen LogP contribution is 2.40. The van der Waals surface area contributed by atoms with Crippen molar-refractivity contribution >= 4 is 62.9 Å². The Labute approximate surface area is 250 Å². The van der Waals surface area contributed by atoms with Crippen molar-refractivity contribution in [3.8, 4) is 5.75 Å². The first-order valence-electron chi connectivity index (χ1n) is 14.5. The number of thioether (sulfide) groups is 1. The van der Waals surface area contributed by atoms with Gasteiger partial charge in [0.05, 0.1) is 21.0 Å². The van der Waals surface area contributed by atoms with E-state index in [1.54, 1.807) is 0 Å². The molecule has 0 unspecified atom stereocenters. The van der Waals surface area contributed by atoms with Crippen LogP contribution in [0.3, 0.4) is 0 Å². The number of amidine groups is 1. The van der Waals surface area contributed by atoms with Gasteiger partial charge in [0.2, 0.25) is 0 Å². The highest BCUT2D eigenvalue weighted by molar-refractivity contribution is 8.18. The maximum Gasteiger partial charge on any atom is 0.266 e. The summed E-state index contributed by atoms with van der Waals surface area (Å²) in [7, 11) is 0. The number of carbonyl (C=O) groups is 1. The molecule has 1 amide bonds. The molecular formula is C33H34Cl2N2O2S. The smallest absolute Gasteiger partial charge is 0.266 e. The fraction of sp³-hybridized carbons (Fsp3) is 0.394. The molecule has 2 saturated carbocycles. The zero-order valence-electron chi connectivity index (χ0n) is 22.6. The summed E-state index contributed by atoms with van der Waals surface area (Å²) in [5.74, 6) is 0.502. The molecule has 208 valence electrons. The van der Waals surface area contributed by atoms with Gasteiger partial charge in [-0.1, -0.05) is 104 Å². The third-order valence-corrected chi connectivity index (χ3v) is 9.77. The molecule has 3 fully saturated rings. The van der Waals surface area contributed by atoms with Gasteiger partial charge in [-0.2, -0.15) is 0 Å². The van der Waals surface area contributed by atoms with Crippen LogP contribution >= 0.6 is 35.0 Å². The van der Waals surface area contributed by atoms with E-state index in [1.165, 1.54) is 50.3 Å². The SMILES string of the molecule is O=C1C(=Cc2cc(Cl)c(OCc3cccc4ccccc34)c(Cl)c2)SC(=NC2CCCCC2)N1C1CCCCC1. The summed E-state index contributed by atoms with van der Waals surface area (Å²) in [6.07, 6.45) is 13.5. The zero-order chi connectivity index (χ0) is 27.5. The first-order chi connectivity index (χ1) is 19.6. The van der Waals surface area contributed by atoms with Crippen LogP contribution < -0.4 is 4.74 Å². The number of hydrogen-bond donors (Lipinski definition) is 0. The van der Waals surface area contributed by atoms with Crippen LogP contribution in [0.2, 0.25) is 10.0 Å². The van der Waals surface area contributed by atoms with Gasteiger partial charge in [0.25, 0.3) is 5.91 Å². The Morgan fingerprint density at radius 1 is 0.900 bits per heavy atom. The third-order valence-electron chi connectivity index (χ3n) is 8.21. The van der Waals surface area contributed by atoms with Gasteiger partial charge in [0.15, 0.2) is 10.9 Å². The van der Waals surface area contributed by atoms with E-state index in [9.17, 15) is 4.79 Å². The molecule has 6 rings (SSSR count). The van der Waals surface area contributed by atoms with Gasteiger partial charge < -0.3 is 4.74 Å². The van der Waals surface area contributed by atoms with Gasteiger partial charge in [-0.3, -0.25) is 14.7 Å². The Kier molecular flexibility index (Phi) is 8.71. The molecule has 4 nitrogen and oxygen atoms in total. The second-order valence-electron chi connectivity index (χ2n) is 11.0. The molecule has 1 heterocycles. The van der Waals surface area contributed by atoms with Crippen molar-refractivity contribution in [2.24, 2.45) is 4.99 Å². The van der Waals surface area contributed by atoms with Gasteiger partial charge in [-0.25, -0.2) is 0 Å². The average Bonchev–Trinajstić information content (AvgIpc) is 3.27. The molecule has 7 heteroatoms. The molecule has 0 aromatic heterocycles. The second kappa shape index (κ2) is 12.6. The van der Waals surface area contributed by atoms with Gasteiger partial charge in [-0.05, 0) is 77.6 Å². The number of benzene rings is 3. The lowest BCUT2D eigenvalue weighted by Gasteiger charge is -2.31. The summed E-state index contributed by atoms with van der Waals surface area (Å²) in [5, 5.41) is 4.03. The molecule has 0 radical (unpaired) electrons. The summed E-state index contributed by atoms with van der Waals surface area (Å²) in [6, 6.07) is 18.6. The third kappa shape index (κ3) is 6.07. The average molecular weight is 594 g/mol. The molecule has 40 heavy (non-hydrogen) atoms. The van der Waals surface area contributed by atoms with Crippen LogP contribution in [0.5, 0.6) is 5.75 Å². The van der Waals surface area contributed by atoms with Crippen LogP contribution in [0.1, 0.15) is 75.3 Å². The van der Waals surface area contributed by atoms with E-state index in [0.29, 0.717) is 33.3 Å². The summed E-state index contributed by atoms with van der Waals surface area (Å²) in [6.45, 7) is 0.354. The quantitative estimate of drug-likeness (QED) is 0.267. The molecule has 0 bridgehead atoms. The number of nitrogens with zero attached hydrogens (tertiary/aromatic N) is 2.